The van der Waals surface area contributed by atoms with Gasteiger partial charge >= 0.3 is 6.09 Å². The first-order chi connectivity index (χ1) is 15.8. The van der Waals surface area contributed by atoms with Crippen molar-refractivity contribution in [3.63, 3.8) is 0 Å². The van der Waals surface area contributed by atoms with Crippen LogP contribution in [0.4, 0.5) is 10.5 Å². The molecule has 2 aromatic rings. The second kappa shape index (κ2) is 10.7. The molecule has 0 bridgehead atoms. The van der Waals surface area contributed by atoms with Crippen LogP contribution in [0, 0.1) is 5.92 Å². The fourth-order valence-electron chi connectivity index (χ4n) is 3.95. The van der Waals surface area contributed by atoms with Crippen LogP contribution in [-0.4, -0.2) is 38.6 Å². The highest BCUT2D eigenvalue weighted by molar-refractivity contribution is 7.89. The van der Waals surface area contributed by atoms with Gasteiger partial charge in [0.1, 0.15) is 5.60 Å². The van der Waals surface area contributed by atoms with Crippen molar-refractivity contribution in [3.8, 4) is 11.1 Å². The van der Waals surface area contributed by atoms with E-state index in [0.29, 0.717) is 29.7 Å². The maximum Gasteiger partial charge on any atom is 0.410 e. The van der Waals surface area contributed by atoms with E-state index in [2.05, 4.69) is 22.9 Å². The quantitative estimate of drug-likeness (QED) is 0.420. The summed E-state index contributed by atoms with van der Waals surface area (Å²) in [6, 6.07) is 13.9. The normalized spacial score (nSPS) is 16.3. The van der Waals surface area contributed by atoms with Crippen LogP contribution in [0.25, 0.3) is 15.8 Å². The summed E-state index contributed by atoms with van der Waals surface area (Å²) in [4.78, 5) is 14.2. The van der Waals surface area contributed by atoms with Crippen LogP contribution in [-0.2, 0) is 22.1 Å². The van der Waals surface area contributed by atoms with Crippen LogP contribution in [0.3, 0.4) is 0 Å². The number of hydrogen-bond acceptors (Lipinski definition) is 3. The Hall–Kier alpha value is -2.05. The van der Waals surface area contributed by atoms with Gasteiger partial charge in [-0.05, 0) is 89.5 Å². The van der Waals surface area contributed by atoms with Crippen molar-refractivity contribution in [2.45, 2.75) is 71.2 Å². The van der Waals surface area contributed by atoms with Gasteiger partial charge in [-0.1, -0.05) is 59.0 Å². The van der Waals surface area contributed by atoms with Gasteiger partial charge in [0.2, 0.25) is 0 Å². The van der Waals surface area contributed by atoms with Crippen LogP contribution < -0.4 is 0 Å². The minimum Gasteiger partial charge on any atom is -0.602 e. The monoisotopic (exact) mass is 503 g/mol. The summed E-state index contributed by atoms with van der Waals surface area (Å²) in [7, 11) is -1.39. The standard InChI is InChI=1S/C27H36ClN2O3S/c1-26(2,3)33-25(31)30-15-13-19(14-16-30)17-20-9-7-8-10-22(20)23-12-11-21(28)18-24(23)29-34(32)27(4,5)6/h7-12,18-19H,13-17H2,1-6H3/q-1. The van der Waals surface area contributed by atoms with Gasteiger partial charge in [0.05, 0.1) is 0 Å². The summed E-state index contributed by atoms with van der Waals surface area (Å²) in [5.74, 6) is 0.469. The number of carbonyl (C=O) groups is 1. The van der Waals surface area contributed by atoms with Crippen molar-refractivity contribution < 1.29 is 13.7 Å². The summed E-state index contributed by atoms with van der Waals surface area (Å²) in [6.45, 7) is 12.8. The molecule has 1 aliphatic rings. The van der Waals surface area contributed by atoms with E-state index in [1.807, 2.05) is 64.6 Å². The molecule has 0 N–H and O–H groups in total. The highest BCUT2D eigenvalue weighted by Crippen LogP contribution is 2.40. The van der Waals surface area contributed by atoms with Crippen LogP contribution in [0.2, 0.25) is 5.02 Å². The van der Waals surface area contributed by atoms with E-state index in [-0.39, 0.29) is 6.09 Å². The average molecular weight is 504 g/mol. The zero-order valence-electron chi connectivity index (χ0n) is 21.1. The van der Waals surface area contributed by atoms with Gasteiger partial charge in [0, 0.05) is 22.9 Å². The summed E-state index contributed by atoms with van der Waals surface area (Å²) in [6.07, 6.45) is 2.53. The van der Waals surface area contributed by atoms with Gasteiger partial charge in [0.25, 0.3) is 0 Å². The minimum absolute atomic E-state index is 0.231. The molecule has 0 saturated carbocycles. The van der Waals surface area contributed by atoms with E-state index in [1.165, 1.54) is 5.56 Å². The lowest BCUT2D eigenvalue weighted by Gasteiger charge is -2.34. The Bertz CT molecular complexity index is 1030. The Labute approximate surface area is 211 Å². The van der Waals surface area contributed by atoms with Crippen molar-refractivity contribution in [1.29, 1.82) is 0 Å². The lowest BCUT2D eigenvalue weighted by Crippen LogP contribution is -2.42. The molecule has 1 heterocycles. The van der Waals surface area contributed by atoms with Crippen molar-refractivity contribution in [2.75, 3.05) is 13.1 Å². The van der Waals surface area contributed by atoms with Gasteiger partial charge in [-0.3, -0.25) is 4.21 Å². The first-order valence-corrected chi connectivity index (χ1v) is 13.3. The third-order valence-corrected chi connectivity index (χ3v) is 7.39. The van der Waals surface area contributed by atoms with E-state index >= 15 is 0 Å². The van der Waals surface area contributed by atoms with Gasteiger partial charge in [-0.2, -0.15) is 0 Å². The van der Waals surface area contributed by atoms with Gasteiger partial charge < -0.3 is 14.4 Å². The molecular weight excluding hydrogens is 468 g/mol. The van der Waals surface area contributed by atoms with Gasteiger partial charge in [-0.25, -0.2) is 4.79 Å². The molecule has 3 rings (SSSR count). The number of ether oxygens (including phenoxy) is 1. The number of nitrogens with zero attached hydrogens (tertiary/aromatic N) is 2. The van der Waals surface area contributed by atoms with Crippen molar-refractivity contribution in [3.05, 3.63) is 57.8 Å². The van der Waals surface area contributed by atoms with Crippen molar-refractivity contribution in [2.24, 2.45) is 5.92 Å². The Morgan fingerprint density at radius 1 is 1.06 bits per heavy atom. The largest absolute Gasteiger partial charge is 0.602 e. The zero-order valence-corrected chi connectivity index (χ0v) is 22.6. The van der Waals surface area contributed by atoms with Gasteiger partial charge in [-0.15, -0.1) is 5.69 Å². The van der Waals surface area contributed by atoms with Crippen LogP contribution in [0.15, 0.2) is 42.5 Å². The molecule has 1 amide bonds. The Morgan fingerprint density at radius 3 is 2.32 bits per heavy atom. The maximum absolute atomic E-state index is 12.8. The summed E-state index contributed by atoms with van der Waals surface area (Å²) in [5, 5.41) is 0.570. The average Bonchev–Trinajstić information content (AvgIpc) is 2.73. The molecule has 7 heteroatoms. The molecule has 1 unspecified atom stereocenters. The summed E-state index contributed by atoms with van der Waals surface area (Å²) >= 11 is 6.28. The number of amides is 1. The molecule has 1 fully saturated rings. The summed E-state index contributed by atoms with van der Waals surface area (Å²) in [5.41, 5.74) is 3.40. The van der Waals surface area contributed by atoms with E-state index in [4.69, 9.17) is 16.3 Å². The molecule has 0 aromatic heterocycles. The smallest absolute Gasteiger partial charge is 0.410 e. The number of piperidine rings is 1. The molecule has 1 atom stereocenters. The first-order valence-electron chi connectivity index (χ1n) is 11.8. The lowest BCUT2D eigenvalue weighted by molar-refractivity contribution is 0.0184. The number of halogens is 1. The highest BCUT2D eigenvalue weighted by atomic mass is 35.5. The zero-order chi connectivity index (χ0) is 25.1. The fourth-order valence-corrected chi connectivity index (χ4v) is 4.72. The number of rotatable bonds is 5. The second-order valence-electron chi connectivity index (χ2n) is 10.9. The Kier molecular flexibility index (Phi) is 8.35. The SMILES string of the molecule is CC(C)(C)OC(=O)N1CCC(Cc2ccccc2-c2ccc(Cl)cc2[N-]S(=O)C(C)(C)C)CC1. The molecule has 186 valence electrons. The highest BCUT2D eigenvalue weighted by Gasteiger charge is 2.27. The molecule has 5 nitrogen and oxygen atoms in total. The molecule has 0 aliphatic carbocycles. The van der Waals surface area contributed by atoms with Crippen LogP contribution in [0.1, 0.15) is 59.9 Å². The topological polar surface area (TPSA) is 60.7 Å². The van der Waals surface area contributed by atoms with Gasteiger partial charge in [0.15, 0.2) is 0 Å². The van der Waals surface area contributed by atoms with E-state index in [0.717, 1.165) is 30.4 Å². The molecule has 0 spiro atoms. The third kappa shape index (κ3) is 7.22. The molecular formula is C27H36ClN2O3S-. The van der Waals surface area contributed by atoms with Crippen LogP contribution in [0.5, 0.6) is 0 Å². The minimum atomic E-state index is -1.39. The molecule has 1 aliphatic heterocycles. The molecule has 0 radical (unpaired) electrons. The number of likely N-dealkylation sites (tertiary alicyclic amines) is 1. The lowest BCUT2D eigenvalue weighted by atomic mass is 9.86. The number of benzene rings is 2. The van der Waals surface area contributed by atoms with E-state index < -0.39 is 21.3 Å². The predicted octanol–water partition coefficient (Wildman–Crippen LogP) is 7.66. The van der Waals surface area contributed by atoms with Crippen molar-refractivity contribution in [1.82, 2.24) is 4.90 Å². The Morgan fingerprint density at radius 2 is 1.71 bits per heavy atom. The molecule has 1 saturated heterocycles. The second-order valence-corrected chi connectivity index (χ2v) is 13.2. The first kappa shape index (κ1) is 26.6. The van der Waals surface area contributed by atoms with E-state index in [1.54, 1.807) is 6.07 Å². The Balaban J connectivity index is 1.77. The third-order valence-electron chi connectivity index (χ3n) is 5.75. The number of carbonyl (C=O) groups excluding carboxylic acids is 1. The summed E-state index contributed by atoms with van der Waals surface area (Å²) < 4.78 is 22.4. The number of hydrogen-bond donors (Lipinski definition) is 0. The maximum atomic E-state index is 12.8. The van der Waals surface area contributed by atoms with Crippen LogP contribution >= 0.6 is 11.6 Å². The predicted molar refractivity (Wildman–Crippen MR) is 142 cm³/mol. The molecule has 2 aromatic carbocycles. The van der Waals surface area contributed by atoms with Crippen molar-refractivity contribution >= 4 is 34.4 Å². The fraction of sp³-hybridized carbons (Fsp3) is 0.519. The molecule has 34 heavy (non-hydrogen) atoms. The van der Waals surface area contributed by atoms with E-state index in [9.17, 15) is 9.00 Å².